The van der Waals surface area contributed by atoms with Gasteiger partial charge in [0.25, 0.3) is 0 Å². The molecule has 2 nitrogen and oxygen atoms in total. The molecule has 2 rings (SSSR count). The Kier molecular flexibility index (Phi) is 4.21. The quantitative estimate of drug-likeness (QED) is 0.794. The summed E-state index contributed by atoms with van der Waals surface area (Å²) in [6.45, 7) is 0. The molecule has 0 aliphatic rings. The van der Waals surface area contributed by atoms with Gasteiger partial charge in [-0.15, -0.1) is 11.6 Å². The van der Waals surface area contributed by atoms with Gasteiger partial charge in [0.2, 0.25) is 0 Å². The molecule has 1 aromatic carbocycles. The fourth-order valence-corrected chi connectivity index (χ4v) is 1.90. The summed E-state index contributed by atoms with van der Waals surface area (Å²) < 4.78 is 0. The molecule has 0 saturated heterocycles. The van der Waals surface area contributed by atoms with Gasteiger partial charge < -0.3 is 0 Å². The summed E-state index contributed by atoms with van der Waals surface area (Å²) in [5, 5.41) is 1.09. The number of hydrogen-bond donors (Lipinski definition) is 0. The molecule has 17 heavy (non-hydrogen) atoms. The average molecular weight is 288 g/mol. The van der Waals surface area contributed by atoms with Gasteiger partial charge in [-0.3, -0.25) is 0 Å². The number of alkyl halides is 1. The third-order valence-corrected chi connectivity index (χ3v) is 3.26. The summed E-state index contributed by atoms with van der Waals surface area (Å²) in [6, 6.07) is 7.29. The number of benzene rings is 1. The zero-order valence-corrected chi connectivity index (χ0v) is 11.1. The van der Waals surface area contributed by atoms with Gasteiger partial charge in [0, 0.05) is 12.6 Å². The lowest BCUT2D eigenvalue weighted by molar-refractivity contribution is 0.936. The van der Waals surface area contributed by atoms with E-state index in [1.807, 2.05) is 12.1 Å². The fourth-order valence-electron chi connectivity index (χ4n) is 1.43. The van der Waals surface area contributed by atoms with E-state index in [1.165, 1.54) is 0 Å². The molecule has 0 saturated carbocycles. The molecule has 0 N–H and O–H groups in total. The monoisotopic (exact) mass is 286 g/mol. The average Bonchev–Trinajstić information content (AvgIpc) is 2.34. The Bertz CT molecular complexity index is 529. The van der Waals surface area contributed by atoms with E-state index in [4.69, 9.17) is 34.8 Å². The highest BCUT2D eigenvalue weighted by atomic mass is 35.5. The van der Waals surface area contributed by atoms with Crippen LogP contribution in [0.2, 0.25) is 10.0 Å². The van der Waals surface area contributed by atoms with Crippen LogP contribution in [-0.4, -0.2) is 9.97 Å². The van der Waals surface area contributed by atoms with E-state index in [0.717, 1.165) is 17.1 Å². The van der Waals surface area contributed by atoms with Crippen molar-refractivity contribution in [1.29, 1.82) is 0 Å². The van der Waals surface area contributed by atoms with Gasteiger partial charge in [0.05, 0.1) is 21.6 Å². The van der Waals surface area contributed by atoms with Crippen molar-refractivity contribution in [2.24, 2.45) is 0 Å². The Labute approximate surface area is 115 Å². The Hall–Kier alpha value is -0.830. The van der Waals surface area contributed by atoms with E-state index in [9.17, 15) is 0 Å². The van der Waals surface area contributed by atoms with E-state index in [2.05, 4.69) is 9.97 Å². The normalized spacial score (nSPS) is 10.5. The highest BCUT2D eigenvalue weighted by Gasteiger charge is 2.03. The van der Waals surface area contributed by atoms with E-state index < -0.39 is 0 Å². The summed E-state index contributed by atoms with van der Waals surface area (Å²) in [5.41, 5.74) is 1.84. The summed E-state index contributed by atoms with van der Waals surface area (Å²) in [7, 11) is 0. The molecule has 2 aromatic rings. The zero-order valence-electron chi connectivity index (χ0n) is 8.83. The third kappa shape index (κ3) is 3.32. The predicted molar refractivity (Wildman–Crippen MR) is 70.9 cm³/mol. The molecule has 1 heterocycles. The maximum Gasteiger partial charge on any atom is 0.132 e. The van der Waals surface area contributed by atoms with Crippen LogP contribution < -0.4 is 0 Å². The Morgan fingerprint density at radius 2 is 1.88 bits per heavy atom. The number of halogens is 3. The van der Waals surface area contributed by atoms with E-state index in [0.29, 0.717) is 22.3 Å². The van der Waals surface area contributed by atoms with Gasteiger partial charge >= 0.3 is 0 Å². The smallest absolute Gasteiger partial charge is 0.132 e. The Morgan fingerprint density at radius 1 is 1.06 bits per heavy atom. The van der Waals surface area contributed by atoms with Crippen molar-refractivity contribution >= 4 is 34.8 Å². The molecule has 0 aliphatic carbocycles. The second-order valence-corrected chi connectivity index (χ2v) is 4.60. The molecule has 0 spiro atoms. The minimum atomic E-state index is 0.386. The first kappa shape index (κ1) is 12.6. The first-order valence-corrected chi connectivity index (χ1v) is 6.29. The van der Waals surface area contributed by atoms with Crippen LogP contribution in [0.25, 0.3) is 0 Å². The third-order valence-electron chi connectivity index (χ3n) is 2.25. The van der Waals surface area contributed by atoms with Gasteiger partial charge in [-0.25, -0.2) is 9.97 Å². The second kappa shape index (κ2) is 5.67. The van der Waals surface area contributed by atoms with Gasteiger partial charge in [-0.1, -0.05) is 29.3 Å². The number of rotatable bonds is 3. The van der Waals surface area contributed by atoms with E-state index in [-0.39, 0.29) is 0 Å². The number of nitrogens with zero attached hydrogens (tertiary/aromatic N) is 2. The maximum absolute atomic E-state index is 5.94. The number of hydrogen-bond acceptors (Lipinski definition) is 2. The minimum Gasteiger partial charge on any atom is -0.241 e. The first-order chi connectivity index (χ1) is 8.19. The van der Waals surface area contributed by atoms with E-state index in [1.54, 1.807) is 18.3 Å². The first-order valence-electron chi connectivity index (χ1n) is 4.99. The van der Waals surface area contributed by atoms with Gasteiger partial charge in [0.1, 0.15) is 5.82 Å². The highest BCUT2D eigenvalue weighted by Crippen LogP contribution is 2.23. The van der Waals surface area contributed by atoms with Gasteiger partial charge in [0.15, 0.2) is 0 Å². The van der Waals surface area contributed by atoms with Crippen LogP contribution >= 0.6 is 34.8 Å². The molecular formula is C12H9Cl3N2. The van der Waals surface area contributed by atoms with Crippen LogP contribution in [0.15, 0.2) is 30.5 Å². The molecule has 0 fully saturated rings. The molecular weight excluding hydrogens is 279 g/mol. The van der Waals surface area contributed by atoms with Crippen molar-refractivity contribution in [2.45, 2.75) is 12.3 Å². The van der Waals surface area contributed by atoms with Gasteiger partial charge in [-0.05, 0) is 23.8 Å². The summed E-state index contributed by atoms with van der Waals surface area (Å²) in [6.07, 6.45) is 2.32. The molecule has 88 valence electrons. The van der Waals surface area contributed by atoms with Gasteiger partial charge in [-0.2, -0.15) is 0 Å². The van der Waals surface area contributed by atoms with Crippen molar-refractivity contribution in [3.63, 3.8) is 0 Å². The zero-order chi connectivity index (χ0) is 12.3. The van der Waals surface area contributed by atoms with Crippen molar-refractivity contribution in [3.8, 4) is 0 Å². The minimum absolute atomic E-state index is 0.386. The molecule has 0 atom stereocenters. The molecule has 0 bridgehead atoms. The van der Waals surface area contributed by atoms with Crippen LogP contribution in [-0.2, 0) is 12.3 Å². The standard InChI is InChI=1S/C12H9Cl3N2/c13-7-9-3-4-16-12(17-9)6-8-1-2-10(14)11(15)5-8/h1-5H,6-7H2. The van der Waals surface area contributed by atoms with Crippen molar-refractivity contribution in [1.82, 2.24) is 9.97 Å². The van der Waals surface area contributed by atoms with Crippen molar-refractivity contribution in [2.75, 3.05) is 0 Å². The summed E-state index contributed by atoms with van der Waals surface area (Å²) in [5.74, 6) is 1.11. The molecule has 0 unspecified atom stereocenters. The van der Waals surface area contributed by atoms with Crippen LogP contribution in [0.1, 0.15) is 17.1 Å². The molecule has 0 radical (unpaired) electrons. The summed E-state index contributed by atoms with van der Waals surface area (Å²) >= 11 is 17.5. The highest BCUT2D eigenvalue weighted by molar-refractivity contribution is 6.42. The van der Waals surface area contributed by atoms with Crippen molar-refractivity contribution < 1.29 is 0 Å². The van der Waals surface area contributed by atoms with Crippen LogP contribution in [0.5, 0.6) is 0 Å². The lowest BCUT2D eigenvalue weighted by Crippen LogP contribution is -1.98. The topological polar surface area (TPSA) is 25.8 Å². The second-order valence-electron chi connectivity index (χ2n) is 3.52. The van der Waals surface area contributed by atoms with Crippen LogP contribution in [0.4, 0.5) is 0 Å². The fraction of sp³-hybridized carbons (Fsp3) is 0.167. The van der Waals surface area contributed by atoms with Crippen LogP contribution in [0.3, 0.4) is 0 Å². The Morgan fingerprint density at radius 3 is 2.59 bits per heavy atom. The van der Waals surface area contributed by atoms with E-state index >= 15 is 0 Å². The molecule has 0 amide bonds. The SMILES string of the molecule is ClCc1ccnc(Cc2ccc(Cl)c(Cl)c2)n1. The molecule has 0 aliphatic heterocycles. The van der Waals surface area contributed by atoms with Crippen LogP contribution in [0, 0.1) is 0 Å². The van der Waals surface area contributed by atoms with Crippen molar-refractivity contribution in [3.05, 3.63) is 57.6 Å². The Balaban J connectivity index is 2.22. The predicted octanol–water partition coefficient (Wildman–Crippen LogP) is 4.11. The summed E-state index contributed by atoms with van der Waals surface area (Å²) in [4.78, 5) is 8.51. The maximum atomic E-state index is 5.94. The lowest BCUT2D eigenvalue weighted by Gasteiger charge is -2.03. The molecule has 1 aromatic heterocycles. The largest absolute Gasteiger partial charge is 0.241 e. The number of aromatic nitrogens is 2. The molecule has 5 heteroatoms. The lowest BCUT2D eigenvalue weighted by atomic mass is 10.1.